The molecule has 1 heterocycles. The number of nitrogens with zero attached hydrogens (tertiary/aromatic N) is 1. The molecule has 0 N–H and O–H groups in total. The molecule has 0 saturated heterocycles. The van der Waals surface area contributed by atoms with Crippen LogP contribution in [0.4, 0.5) is 0 Å². The topological polar surface area (TPSA) is 3.01 Å². The van der Waals surface area contributed by atoms with Gasteiger partial charge in [-0.3, -0.25) is 0 Å². The summed E-state index contributed by atoms with van der Waals surface area (Å²) in [4.78, 5) is 2.56. The summed E-state index contributed by atoms with van der Waals surface area (Å²) in [5.41, 5.74) is 6.24. The van der Waals surface area contributed by atoms with Crippen LogP contribution in [0.25, 0.3) is 9.81 Å². The third kappa shape index (κ3) is 3.81. The third-order valence-electron chi connectivity index (χ3n) is 4.61. The number of benzene rings is 2. The lowest BCUT2D eigenvalue weighted by atomic mass is 9.96. The highest BCUT2D eigenvalue weighted by Gasteiger charge is 2.20. The van der Waals surface area contributed by atoms with Crippen LogP contribution in [0.3, 0.4) is 0 Å². The van der Waals surface area contributed by atoms with Gasteiger partial charge in [0.25, 0.3) is 0 Å². The summed E-state index contributed by atoms with van der Waals surface area (Å²) in [6, 6.07) is 21.3. The van der Waals surface area contributed by atoms with Gasteiger partial charge in [-0.05, 0) is 34.9 Å². The molecule has 132 valence electrons. The first-order chi connectivity index (χ1) is 13.2. The Labute approximate surface area is 165 Å². The van der Waals surface area contributed by atoms with Crippen LogP contribution in [0.1, 0.15) is 11.1 Å². The Morgan fingerprint density at radius 2 is 1.19 bits per heavy atom. The lowest BCUT2D eigenvalue weighted by Gasteiger charge is -2.19. The summed E-state index contributed by atoms with van der Waals surface area (Å²) in [6.07, 6.45) is 13.2. The zero-order chi connectivity index (χ0) is 18.6. The van der Waals surface area contributed by atoms with E-state index in [0.29, 0.717) is 0 Å². The second-order valence-electron chi connectivity index (χ2n) is 6.72. The summed E-state index contributed by atoms with van der Waals surface area (Å²) >= 11 is 1.84. The normalized spacial score (nSPS) is 16.3. The van der Waals surface area contributed by atoms with E-state index in [1.807, 2.05) is 11.8 Å². The molecule has 2 heteroatoms. The molecule has 1 nitrogen and oxygen atoms in total. The molecule has 2 aromatic rings. The molecule has 0 unspecified atom stereocenters. The standard InChI is InChI=1S/C25H22NS/c1-26(2)23-16-10-9-15-22(23)21-17-24(19-11-5-3-6-12-19)27-25(18-21)20-13-7-4-8-14-20/h3-18H,1-2H3/q+1. The van der Waals surface area contributed by atoms with Gasteiger partial charge >= 0.3 is 0 Å². The van der Waals surface area contributed by atoms with Gasteiger partial charge in [-0.2, -0.15) is 0 Å². The maximum atomic E-state index is 2.31. The summed E-state index contributed by atoms with van der Waals surface area (Å²) in [5, 5.41) is 0. The highest BCUT2D eigenvalue weighted by atomic mass is 32.2. The molecule has 1 aliphatic carbocycles. The first-order valence-electron chi connectivity index (χ1n) is 9.08. The molecular formula is C25H22NS+. The van der Waals surface area contributed by atoms with E-state index < -0.39 is 0 Å². The lowest BCUT2D eigenvalue weighted by molar-refractivity contribution is -0.463. The van der Waals surface area contributed by atoms with Crippen molar-refractivity contribution in [2.75, 3.05) is 14.1 Å². The number of hydrogen-bond donors (Lipinski definition) is 0. The minimum Gasteiger partial charge on any atom is -0.235 e. The van der Waals surface area contributed by atoms with Crippen LogP contribution in [0.2, 0.25) is 0 Å². The Morgan fingerprint density at radius 3 is 1.70 bits per heavy atom. The van der Waals surface area contributed by atoms with Gasteiger partial charge in [-0.25, -0.2) is 4.58 Å². The van der Waals surface area contributed by atoms with Gasteiger partial charge in [-0.1, -0.05) is 84.6 Å². The van der Waals surface area contributed by atoms with Crippen LogP contribution in [-0.4, -0.2) is 24.4 Å². The summed E-state index contributed by atoms with van der Waals surface area (Å²) in [5.74, 6) is 0. The summed E-state index contributed by atoms with van der Waals surface area (Å²) in [6.45, 7) is 0. The zero-order valence-corrected chi connectivity index (χ0v) is 16.4. The first-order valence-corrected chi connectivity index (χ1v) is 9.90. The fraction of sp³-hybridized carbons (Fsp3) is 0.0800. The maximum absolute atomic E-state index is 2.31. The molecule has 0 fully saturated rings. The molecule has 27 heavy (non-hydrogen) atoms. The second-order valence-corrected chi connectivity index (χ2v) is 7.80. The number of thioether (sulfide) groups is 1. The van der Waals surface area contributed by atoms with Gasteiger partial charge in [0.2, 0.25) is 5.71 Å². The predicted octanol–water partition coefficient (Wildman–Crippen LogP) is 5.95. The molecule has 0 aromatic heterocycles. The van der Waals surface area contributed by atoms with E-state index in [-0.39, 0.29) is 0 Å². The first kappa shape index (κ1) is 17.6. The molecule has 0 atom stereocenters. The van der Waals surface area contributed by atoms with Gasteiger partial charge in [0, 0.05) is 15.9 Å². The highest BCUT2D eigenvalue weighted by Crippen LogP contribution is 2.44. The molecule has 0 saturated carbocycles. The number of allylic oxidation sites excluding steroid dienone is 8. The Balaban J connectivity index is 1.90. The van der Waals surface area contributed by atoms with E-state index in [0.717, 1.165) is 0 Å². The van der Waals surface area contributed by atoms with E-state index in [1.54, 1.807) is 0 Å². The average Bonchev–Trinajstić information content (AvgIpc) is 2.74. The smallest absolute Gasteiger partial charge is 0.207 e. The van der Waals surface area contributed by atoms with Crippen LogP contribution in [0.15, 0.2) is 108 Å². The SMILES string of the molecule is C[N+](C)=C1C=CC=CC1=C1C=C(c2ccccc2)SC(c2ccccc2)=C1. The van der Waals surface area contributed by atoms with Crippen molar-refractivity contribution in [1.82, 2.24) is 0 Å². The average molecular weight is 369 g/mol. The highest BCUT2D eigenvalue weighted by molar-refractivity contribution is 8.16. The van der Waals surface area contributed by atoms with Crippen LogP contribution >= 0.6 is 11.8 Å². The van der Waals surface area contributed by atoms with Crippen molar-refractivity contribution < 1.29 is 4.58 Å². The van der Waals surface area contributed by atoms with Crippen molar-refractivity contribution in [1.29, 1.82) is 0 Å². The van der Waals surface area contributed by atoms with E-state index >= 15 is 0 Å². The number of hydrogen-bond acceptors (Lipinski definition) is 1. The van der Waals surface area contributed by atoms with Crippen molar-refractivity contribution in [2.24, 2.45) is 0 Å². The monoisotopic (exact) mass is 368 g/mol. The van der Waals surface area contributed by atoms with E-state index in [2.05, 4.69) is 116 Å². The maximum Gasteiger partial charge on any atom is 0.207 e. The molecule has 0 bridgehead atoms. The molecule has 4 rings (SSSR count). The lowest BCUT2D eigenvalue weighted by Crippen LogP contribution is -2.15. The third-order valence-corrected chi connectivity index (χ3v) is 5.75. The zero-order valence-electron chi connectivity index (χ0n) is 15.6. The van der Waals surface area contributed by atoms with Gasteiger partial charge in [-0.15, -0.1) is 0 Å². The molecule has 0 spiro atoms. The van der Waals surface area contributed by atoms with Gasteiger partial charge < -0.3 is 0 Å². The van der Waals surface area contributed by atoms with Crippen molar-refractivity contribution in [3.63, 3.8) is 0 Å². The minimum absolute atomic E-state index is 1.23. The number of rotatable bonds is 2. The van der Waals surface area contributed by atoms with Crippen LogP contribution in [0, 0.1) is 0 Å². The second kappa shape index (κ2) is 7.81. The Bertz CT molecular complexity index is 971. The van der Waals surface area contributed by atoms with E-state index in [9.17, 15) is 0 Å². The van der Waals surface area contributed by atoms with Crippen molar-refractivity contribution in [3.8, 4) is 0 Å². The summed E-state index contributed by atoms with van der Waals surface area (Å²) in [7, 11) is 4.20. The largest absolute Gasteiger partial charge is 0.235 e. The Kier molecular flexibility index (Phi) is 5.08. The van der Waals surface area contributed by atoms with Crippen molar-refractivity contribution in [3.05, 3.63) is 119 Å². The van der Waals surface area contributed by atoms with E-state index in [4.69, 9.17) is 0 Å². The van der Waals surface area contributed by atoms with Crippen LogP contribution in [-0.2, 0) is 0 Å². The summed E-state index contributed by atoms with van der Waals surface area (Å²) < 4.78 is 2.18. The molecule has 2 aliphatic rings. The molecule has 2 aromatic carbocycles. The van der Waals surface area contributed by atoms with Crippen molar-refractivity contribution in [2.45, 2.75) is 0 Å². The van der Waals surface area contributed by atoms with Gasteiger partial charge in [0.1, 0.15) is 14.1 Å². The molecule has 0 radical (unpaired) electrons. The molecule has 0 amide bonds. The fourth-order valence-electron chi connectivity index (χ4n) is 3.25. The van der Waals surface area contributed by atoms with Crippen molar-refractivity contribution >= 4 is 27.3 Å². The van der Waals surface area contributed by atoms with Crippen LogP contribution in [0.5, 0.6) is 0 Å². The minimum atomic E-state index is 1.23. The van der Waals surface area contributed by atoms with Gasteiger partial charge in [0.15, 0.2) is 0 Å². The predicted molar refractivity (Wildman–Crippen MR) is 119 cm³/mol. The Morgan fingerprint density at radius 1 is 0.667 bits per heavy atom. The fourth-order valence-corrected chi connectivity index (χ4v) is 4.37. The molecule has 1 aliphatic heterocycles. The van der Waals surface area contributed by atoms with Crippen LogP contribution < -0.4 is 0 Å². The Hall–Kier alpha value is -2.84. The van der Waals surface area contributed by atoms with E-state index in [1.165, 1.54) is 37.8 Å². The molecular weight excluding hydrogens is 346 g/mol. The van der Waals surface area contributed by atoms with Gasteiger partial charge in [0.05, 0.1) is 5.57 Å². The quantitative estimate of drug-likeness (QED) is 0.592.